The maximum Gasteiger partial charge on any atom is 0.108 e. The van der Waals surface area contributed by atoms with Gasteiger partial charge in [0.05, 0.1) is 6.20 Å². The summed E-state index contributed by atoms with van der Waals surface area (Å²) >= 11 is 0. The van der Waals surface area contributed by atoms with Crippen molar-refractivity contribution in [2.24, 2.45) is 5.18 Å². The minimum absolute atomic E-state index is 0.275. The molecule has 0 aliphatic carbocycles. The van der Waals surface area contributed by atoms with Crippen LogP contribution in [-0.2, 0) is 0 Å². The monoisotopic (exact) mass is 320 g/mol. The van der Waals surface area contributed by atoms with E-state index in [1.165, 1.54) is 11.1 Å². The Morgan fingerprint density at radius 2 is 1.71 bits per heavy atom. The van der Waals surface area contributed by atoms with E-state index in [4.69, 9.17) is 0 Å². The highest BCUT2D eigenvalue weighted by atomic mass is 16.3. The molecule has 0 spiro atoms. The molecule has 3 rings (SSSR count). The van der Waals surface area contributed by atoms with Crippen LogP contribution in [-0.4, -0.2) is 23.8 Å². The molecule has 2 aromatic carbocycles. The van der Waals surface area contributed by atoms with Crippen molar-refractivity contribution >= 4 is 5.69 Å². The minimum Gasteiger partial charge on any atom is -0.320 e. The zero-order chi connectivity index (χ0) is 16.8. The first kappa shape index (κ1) is 16.1. The zero-order valence-corrected chi connectivity index (χ0v) is 13.6. The molecule has 0 fully saturated rings. The first-order chi connectivity index (χ1) is 11.8. The Morgan fingerprint density at radius 3 is 2.25 bits per heavy atom. The van der Waals surface area contributed by atoms with Crippen molar-refractivity contribution < 1.29 is 0 Å². The summed E-state index contributed by atoms with van der Waals surface area (Å²) in [5, 5.41) is 13.0. The van der Waals surface area contributed by atoms with Gasteiger partial charge < -0.3 is 5.32 Å². The Kier molecular flexibility index (Phi) is 5.13. The Labute approximate surface area is 141 Å². The number of aromatic amines is 1. The summed E-state index contributed by atoms with van der Waals surface area (Å²) in [6, 6.07) is 16.1. The molecule has 0 saturated carbocycles. The molecule has 3 aromatic rings. The van der Waals surface area contributed by atoms with Crippen LogP contribution in [0.4, 0.5) is 5.69 Å². The summed E-state index contributed by atoms with van der Waals surface area (Å²) < 4.78 is 0. The van der Waals surface area contributed by atoms with Crippen LogP contribution in [0.1, 0.15) is 23.5 Å². The summed E-state index contributed by atoms with van der Waals surface area (Å²) in [7, 11) is 1.96. The topological polar surface area (TPSA) is 70.1 Å². The molecule has 0 aliphatic heterocycles. The van der Waals surface area contributed by atoms with Crippen LogP contribution in [0.5, 0.6) is 0 Å². The standard InChI is InChI=1S/C19H20N4O/c1-20-11-10-19(16-6-8-18(23-24)9-7-16)15-4-2-14(3-5-15)17-12-21-22-13-17/h2-9,12-13,19-20H,10-11H2,1H3,(H,21,22). The SMILES string of the molecule is CNCCC(c1ccc(N=O)cc1)c1ccc(-c2cn[nH]c2)cc1. The van der Waals surface area contributed by atoms with E-state index in [-0.39, 0.29) is 5.92 Å². The molecule has 1 unspecified atom stereocenters. The molecule has 1 heterocycles. The normalized spacial score (nSPS) is 12.0. The lowest BCUT2D eigenvalue weighted by molar-refractivity contribution is 0.662. The van der Waals surface area contributed by atoms with Gasteiger partial charge in [-0.25, -0.2) is 0 Å². The van der Waals surface area contributed by atoms with Gasteiger partial charge in [0, 0.05) is 17.7 Å². The van der Waals surface area contributed by atoms with Crippen LogP contribution in [0.25, 0.3) is 11.1 Å². The number of nitroso groups, excluding NO2 is 1. The van der Waals surface area contributed by atoms with Gasteiger partial charge in [-0.05, 0) is 54.0 Å². The summed E-state index contributed by atoms with van der Waals surface area (Å²) in [5.74, 6) is 0.275. The van der Waals surface area contributed by atoms with Crippen molar-refractivity contribution in [2.45, 2.75) is 12.3 Å². The van der Waals surface area contributed by atoms with Gasteiger partial charge in [0.1, 0.15) is 5.69 Å². The predicted molar refractivity (Wildman–Crippen MR) is 96.3 cm³/mol. The van der Waals surface area contributed by atoms with Gasteiger partial charge in [-0.15, -0.1) is 4.91 Å². The molecular formula is C19H20N4O. The lowest BCUT2D eigenvalue weighted by Gasteiger charge is -2.18. The van der Waals surface area contributed by atoms with Gasteiger partial charge in [-0.3, -0.25) is 5.10 Å². The number of H-pyrrole nitrogens is 1. The fourth-order valence-corrected chi connectivity index (χ4v) is 2.90. The zero-order valence-electron chi connectivity index (χ0n) is 13.6. The molecule has 0 saturated heterocycles. The average Bonchev–Trinajstić information content (AvgIpc) is 3.18. The smallest absolute Gasteiger partial charge is 0.108 e. The van der Waals surface area contributed by atoms with Crippen molar-refractivity contribution in [3.8, 4) is 11.1 Å². The van der Waals surface area contributed by atoms with Crippen LogP contribution in [0, 0.1) is 4.91 Å². The maximum absolute atomic E-state index is 10.6. The van der Waals surface area contributed by atoms with Crippen molar-refractivity contribution in [3.63, 3.8) is 0 Å². The molecular weight excluding hydrogens is 300 g/mol. The van der Waals surface area contributed by atoms with Crippen LogP contribution >= 0.6 is 0 Å². The minimum atomic E-state index is 0.275. The molecule has 1 aromatic heterocycles. The maximum atomic E-state index is 10.6. The predicted octanol–water partition coefficient (Wildman–Crippen LogP) is 4.22. The summed E-state index contributed by atoms with van der Waals surface area (Å²) in [4.78, 5) is 10.6. The average molecular weight is 320 g/mol. The van der Waals surface area contributed by atoms with Crippen LogP contribution in [0.2, 0.25) is 0 Å². The molecule has 0 radical (unpaired) electrons. The van der Waals surface area contributed by atoms with E-state index in [2.05, 4.69) is 45.0 Å². The third-order valence-electron chi connectivity index (χ3n) is 4.23. The summed E-state index contributed by atoms with van der Waals surface area (Å²) in [5.41, 5.74) is 5.12. The van der Waals surface area contributed by atoms with Gasteiger partial charge in [0.2, 0.25) is 0 Å². The van der Waals surface area contributed by atoms with Gasteiger partial charge >= 0.3 is 0 Å². The first-order valence-electron chi connectivity index (χ1n) is 7.99. The van der Waals surface area contributed by atoms with E-state index in [1.807, 2.05) is 31.6 Å². The highest BCUT2D eigenvalue weighted by Gasteiger charge is 2.14. The molecule has 122 valence electrons. The Hall–Kier alpha value is -2.79. The number of nitrogens with zero attached hydrogens (tertiary/aromatic N) is 2. The van der Waals surface area contributed by atoms with Crippen molar-refractivity contribution in [3.05, 3.63) is 77.0 Å². The Morgan fingerprint density at radius 1 is 1.04 bits per heavy atom. The fourth-order valence-electron chi connectivity index (χ4n) is 2.90. The van der Waals surface area contributed by atoms with E-state index in [1.54, 1.807) is 12.1 Å². The second kappa shape index (κ2) is 7.66. The number of rotatable bonds is 7. The highest BCUT2D eigenvalue weighted by Crippen LogP contribution is 2.30. The second-order valence-corrected chi connectivity index (χ2v) is 5.74. The van der Waals surface area contributed by atoms with Crippen LogP contribution in [0.15, 0.2) is 66.1 Å². The van der Waals surface area contributed by atoms with E-state index in [0.717, 1.165) is 24.1 Å². The second-order valence-electron chi connectivity index (χ2n) is 5.74. The van der Waals surface area contributed by atoms with Gasteiger partial charge in [0.25, 0.3) is 0 Å². The molecule has 5 heteroatoms. The number of nitrogens with one attached hydrogen (secondary N) is 2. The number of benzene rings is 2. The van der Waals surface area contributed by atoms with Crippen molar-refractivity contribution in [1.29, 1.82) is 0 Å². The van der Waals surface area contributed by atoms with E-state index in [0.29, 0.717) is 5.69 Å². The highest BCUT2D eigenvalue weighted by molar-refractivity contribution is 5.62. The van der Waals surface area contributed by atoms with Crippen molar-refractivity contribution in [2.75, 3.05) is 13.6 Å². The van der Waals surface area contributed by atoms with Crippen LogP contribution in [0.3, 0.4) is 0 Å². The number of aromatic nitrogens is 2. The fraction of sp³-hybridized carbons (Fsp3) is 0.211. The third kappa shape index (κ3) is 3.58. The Bertz CT molecular complexity index is 764. The molecule has 0 aliphatic rings. The number of hydrogen-bond acceptors (Lipinski definition) is 4. The lowest BCUT2D eigenvalue weighted by Crippen LogP contribution is -2.13. The third-order valence-corrected chi connectivity index (χ3v) is 4.23. The molecule has 2 N–H and O–H groups in total. The molecule has 0 bridgehead atoms. The van der Waals surface area contributed by atoms with E-state index >= 15 is 0 Å². The largest absolute Gasteiger partial charge is 0.320 e. The van der Waals surface area contributed by atoms with E-state index < -0.39 is 0 Å². The van der Waals surface area contributed by atoms with Gasteiger partial charge in [-0.1, -0.05) is 36.4 Å². The van der Waals surface area contributed by atoms with Gasteiger partial charge in [-0.2, -0.15) is 5.10 Å². The quantitative estimate of drug-likeness (QED) is 0.640. The summed E-state index contributed by atoms with van der Waals surface area (Å²) in [6.45, 7) is 0.918. The van der Waals surface area contributed by atoms with Crippen molar-refractivity contribution in [1.82, 2.24) is 15.5 Å². The molecule has 0 amide bonds. The first-order valence-corrected chi connectivity index (χ1v) is 7.99. The van der Waals surface area contributed by atoms with Gasteiger partial charge in [0.15, 0.2) is 0 Å². The molecule has 24 heavy (non-hydrogen) atoms. The Balaban J connectivity index is 1.88. The molecule has 1 atom stereocenters. The lowest BCUT2D eigenvalue weighted by atomic mass is 9.87. The number of hydrogen-bond donors (Lipinski definition) is 2. The van der Waals surface area contributed by atoms with Crippen LogP contribution < -0.4 is 5.32 Å². The summed E-state index contributed by atoms with van der Waals surface area (Å²) in [6.07, 6.45) is 4.69. The molecule has 5 nitrogen and oxygen atoms in total. The van der Waals surface area contributed by atoms with E-state index in [9.17, 15) is 4.91 Å².